The van der Waals surface area contributed by atoms with Gasteiger partial charge in [-0.2, -0.15) is 13.2 Å². The average Bonchev–Trinajstić information content (AvgIpc) is 3.28. The molecule has 1 aliphatic heterocycles. The Morgan fingerprint density at radius 3 is 2.64 bits per heavy atom. The third-order valence-corrected chi connectivity index (χ3v) is 6.14. The first-order chi connectivity index (χ1) is 17.1. The number of halogens is 3. The zero-order valence-corrected chi connectivity index (χ0v) is 20.1. The first-order valence-electron chi connectivity index (χ1n) is 10.9. The van der Waals surface area contributed by atoms with E-state index in [1.165, 1.54) is 11.3 Å². The van der Waals surface area contributed by atoms with E-state index in [0.29, 0.717) is 28.5 Å². The first kappa shape index (κ1) is 25.5. The van der Waals surface area contributed by atoms with Crippen molar-refractivity contribution in [1.82, 2.24) is 25.6 Å². The summed E-state index contributed by atoms with van der Waals surface area (Å²) in [5.41, 5.74) is 1.23. The SMILES string of the molecule is Cc1cnc(-c2cc(OC[C@@H]3COCC(=O)N3)cc(C(=O)NC(C)c3cnc(C(F)(F)F)nc3)c2)s1. The van der Waals surface area contributed by atoms with E-state index in [-0.39, 0.29) is 30.7 Å². The highest BCUT2D eigenvalue weighted by molar-refractivity contribution is 7.14. The predicted octanol–water partition coefficient (Wildman–Crippen LogP) is 3.31. The lowest BCUT2D eigenvalue weighted by Crippen LogP contribution is -2.48. The number of nitrogens with zero attached hydrogens (tertiary/aromatic N) is 3. The van der Waals surface area contributed by atoms with Crippen molar-refractivity contribution in [2.24, 2.45) is 0 Å². The van der Waals surface area contributed by atoms with E-state index < -0.39 is 23.9 Å². The topological polar surface area (TPSA) is 115 Å². The number of benzene rings is 1. The number of carbonyl (C=O) groups excluding carboxylic acids is 2. The minimum atomic E-state index is -4.65. The van der Waals surface area contributed by atoms with Crippen LogP contribution in [0.15, 0.2) is 36.8 Å². The molecular formula is C23H22F3N5O4S. The maximum absolute atomic E-state index is 13.1. The number of hydrogen-bond donors (Lipinski definition) is 2. The fourth-order valence-electron chi connectivity index (χ4n) is 3.39. The standard InChI is InChI=1S/C23H22F3N5O4S/c1-12-6-27-21(36-12)15-3-14(4-18(5-15)35-10-17-9-34-11-19(32)31-17)20(33)30-13(2)16-7-28-22(29-8-16)23(24,25)26/h3-8,13,17H,9-11H2,1-2H3,(H,30,33)(H,31,32)/t13?,17-/m0/s1. The molecule has 2 atom stereocenters. The molecule has 1 fully saturated rings. The van der Waals surface area contributed by atoms with E-state index in [0.717, 1.165) is 17.3 Å². The molecule has 2 aromatic heterocycles. The molecule has 2 N–H and O–H groups in total. The molecule has 3 aromatic rings. The van der Waals surface area contributed by atoms with E-state index in [4.69, 9.17) is 9.47 Å². The number of carbonyl (C=O) groups is 2. The summed E-state index contributed by atoms with van der Waals surface area (Å²) >= 11 is 1.45. The van der Waals surface area contributed by atoms with E-state index >= 15 is 0 Å². The molecule has 1 aromatic carbocycles. The van der Waals surface area contributed by atoms with Gasteiger partial charge >= 0.3 is 6.18 Å². The van der Waals surface area contributed by atoms with Crippen molar-refractivity contribution in [1.29, 1.82) is 0 Å². The Balaban J connectivity index is 1.53. The van der Waals surface area contributed by atoms with Gasteiger partial charge in [0.05, 0.1) is 18.7 Å². The molecule has 0 radical (unpaired) electrons. The number of amides is 2. The monoisotopic (exact) mass is 521 g/mol. The molecule has 0 saturated carbocycles. The molecule has 13 heteroatoms. The van der Waals surface area contributed by atoms with Crippen LogP contribution in [0.3, 0.4) is 0 Å². The number of hydrogen-bond acceptors (Lipinski definition) is 8. The fourth-order valence-corrected chi connectivity index (χ4v) is 4.14. The number of morpholine rings is 1. The summed E-state index contributed by atoms with van der Waals surface area (Å²) in [6.07, 6.45) is -0.868. The Kier molecular flexibility index (Phi) is 7.50. The Labute approximate surface area is 208 Å². The molecule has 3 heterocycles. The molecule has 2 amide bonds. The number of aryl methyl sites for hydroxylation is 1. The molecule has 9 nitrogen and oxygen atoms in total. The third-order valence-electron chi connectivity index (χ3n) is 5.18. The number of aromatic nitrogens is 3. The predicted molar refractivity (Wildman–Crippen MR) is 123 cm³/mol. The molecule has 0 spiro atoms. The second-order valence-electron chi connectivity index (χ2n) is 8.15. The van der Waals surface area contributed by atoms with Gasteiger partial charge in [-0.1, -0.05) is 0 Å². The van der Waals surface area contributed by atoms with Crippen LogP contribution >= 0.6 is 11.3 Å². The lowest BCUT2D eigenvalue weighted by atomic mass is 10.1. The van der Waals surface area contributed by atoms with Crippen LogP contribution in [0.25, 0.3) is 10.6 Å². The number of alkyl halides is 3. The van der Waals surface area contributed by atoms with Crippen LogP contribution in [-0.4, -0.2) is 52.6 Å². The van der Waals surface area contributed by atoms with Crippen LogP contribution in [0.1, 0.15) is 39.6 Å². The van der Waals surface area contributed by atoms with Crippen molar-refractivity contribution in [2.45, 2.75) is 32.1 Å². The van der Waals surface area contributed by atoms with Gasteiger partial charge in [-0.05, 0) is 32.0 Å². The summed E-state index contributed by atoms with van der Waals surface area (Å²) in [5, 5.41) is 6.20. The highest BCUT2D eigenvalue weighted by Crippen LogP contribution is 2.30. The van der Waals surface area contributed by atoms with Gasteiger partial charge in [-0.3, -0.25) is 9.59 Å². The number of thiazole rings is 1. The quantitative estimate of drug-likeness (QED) is 0.490. The first-order valence-corrected chi connectivity index (χ1v) is 11.7. The molecule has 190 valence electrons. The van der Waals surface area contributed by atoms with E-state index in [1.54, 1.807) is 31.3 Å². The maximum atomic E-state index is 13.1. The zero-order chi connectivity index (χ0) is 25.9. The number of nitrogens with one attached hydrogen (secondary N) is 2. The minimum Gasteiger partial charge on any atom is -0.491 e. The van der Waals surface area contributed by atoms with Crippen LogP contribution in [0.2, 0.25) is 0 Å². The van der Waals surface area contributed by atoms with Crippen molar-refractivity contribution < 1.29 is 32.2 Å². The largest absolute Gasteiger partial charge is 0.491 e. The molecule has 0 bridgehead atoms. The smallest absolute Gasteiger partial charge is 0.451 e. The normalized spacial score (nSPS) is 16.8. The second-order valence-corrected chi connectivity index (χ2v) is 9.38. The van der Waals surface area contributed by atoms with Gasteiger partial charge in [0.25, 0.3) is 5.91 Å². The summed E-state index contributed by atoms with van der Waals surface area (Å²) in [6, 6.07) is 3.94. The van der Waals surface area contributed by atoms with Gasteiger partial charge in [0, 0.05) is 40.2 Å². The minimum absolute atomic E-state index is 0.00184. The number of ether oxygens (including phenoxy) is 2. The van der Waals surface area contributed by atoms with Crippen molar-refractivity contribution in [3.8, 4) is 16.3 Å². The lowest BCUT2D eigenvalue weighted by Gasteiger charge is -2.23. The van der Waals surface area contributed by atoms with Crippen LogP contribution in [-0.2, 0) is 15.7 Å². The van der Waals surface area contributed by atoms with Gasteiger partial charge in [-0.15, -0.1) is 11.3 Å². The summed E-state index contributed by atoms with van der Waals surface area (Å²) < 4.78 is 49.3. The van der Waals surface area contributed by atoms with Crippen molar-refractivity contribution >= 4 is 23.2 Å². The molecular weight excluding hydrogens is 499 g/mol. The van der Waals surface area contributed by atoms with Gasteiger partial charge in [-0.25, -0.2) is 15.0 Å². The van der Waals surface area contributed by atoms with Gasteiger partial charge in [0.1, 0.15) is 24.0 Å². The van der Waals surface area contributed by atoms with Crippen LogP contribution in [0, 0.1) is 6.92 Å². The zero-order valence-electron chi connectivity index (χ0n) is 19.3. The van der Waals surface area contributed by atoms with Crippen molar-refractivity contribution in [3.05, 3.63) is 58.6 Å². The van der Waals surface area contributed by atoms with E-state index in [9.17, 15) is 22.8 Å². The van der Waals surface area contributed by atoms with Gasteiger partial charge < -0.3 is 20.1 Å². The Morgan fingerprint density at radius 1 is 1.25 bits per heavy atom. The molecule has 0 aliphatic carbocycles. The van der Waals surface area contributed by atoms with E-state index in [1.807, 2.05) is 6.92 Å². The summed E-state index contributed by atoms with van der Waals surface area (Å²) in [4.78, 5) is 36.6. The van der Waals surface area contributed by atoms with E-state index in [2.05, 4.69) is 25.6 Å². The molecule has 36 heavy (non-hydrogen) atoms. The lowest BCUT2D eigenvalue weighted by molar-refractivity contribution is -0.145. The Bertz CT molecular complexity index is 1250. The van der Waals surface area contributed by atoms with Crippen molar-refractivity contribution in [3.63, 3.8) is 0 Å². The summed E-state index contributed by atoms with van der Waals surface area (Å²) in [6.45, 7) is 3.96. The van der Waals surface area contributed by atoms with Crippen LogP contribution < -0.4 is 15.4 Å². The third kappa shape index (κ3) is 6.34. The number of rotatable bonds is 7. The van der Waals surface area contributed by atoms with Gasteiger partial charge in [0.2, 0.25) is 11.7 Å². The Morgan fingerprint density at radius 2 is 2.00 bits per heavy atom. The summed E-state index contributed by atoms with van der Waals surface area (Å²) in [7, 11) is 0. The average molecular weight is 522 g/mol. The fraction of sp³-hybridized carbons (Fsp3) is 0.348. The highest BCUT2D eigenvalue weighted by atomic mass is 32.1. The van der Waals surface area contributed by atoms with Crippen LogP contribution in [0.5, 0.6) is 5.75 Å². The molecule has 1 saturated heterocycles. The summed E-state index contributed by atoms with van der Waals surface area (Å²) in [5.74, 6) is -1.58. The van der Waals surface area contributed by atoms with Crippen molar-refractivity contribution in [2.75, 3.05) is 19.8 Å². The second kappa shape index (κ2) is 10.6. The van der Waals surface area contributed by atoms with Crippen LogP contribution in [0.4, 0.5) is 13.2 Å². The molecule has 1 aliphatic rings. The molecule has 1 unspecified atom stereocenters. The van der Waals surface area contributed by atoms with Gasteiger partial charge in [0.15, 0.2) is 0 Å². The molecule has 4 rings (SSSR count). The Hall–Kier alpha value is -3.58. The highest BCUT2D eigenvalue weighted by Gasteiger charge is 2.34. The maximum Gasteiger partial charge on any atom is 0.451 e.